The third kappa shape index (κ3) is 5.06. The Labute approximate surface area is 177 Å². The number of rotatable bonds is 5. The van der Waals surface area contributed by atoms with Crippen LogP contribution < -0.4 is 14.8 Å². The van der Waals surface area contributed by atoms with E-state index in [2.05, 4.69) is 32.4 Å². The van der Waals surface area contributed by atoms with Crippen LogP contribution in [0.3, 0.4) is 0 Å². The Morgan fingerprint density at radius 3 is 2.52 bits per heavy atom. The van der Waals surface area contributed by atoms with Crippen molar-refractivity contribution < 1.29 is 9.47 Å². The first-order valence-electron chi connectivity index (χ1n) is 8.81. The van der Waals surface area contributed by atoms with Crippen LogP contribution in [0.25, 0.3) is 0 Å². The number of aliphatic imine (C=N–C) groups is 1. The number of methoxy groups -OCH3 is 2. The number of guanidine groups is 1. The molecule has 1 aliphatic heterocycles. The number of aryl methyl sites for hydroxylation is 1. The van der Waals surface area contributed by atoms with Crippen LogP contribution in [0.4, 0.5) is 0 Å². The Morgan fingerprint density at radius 1 is 1.22 bits per heavy atom. The van der Waals surface area contributed by atoms with Crippen molar-refractivity contribution in [3.05, 3.63) is 41.2 Å². The fourth-order valence-corrected chi connectivity index (χ4v) is 3.32. The predicted molar refractivity (Wildman–Crippen MR) is 117 cm³/mol. The number of aromatic nitrogens is 2. The fourth-order valence-electron chi connectivity index (χ4n) is 3.32. The second-order valence-electron chi connectivity index (χ2n) is 6.39. The van der Waals surface area contributed by atoms with Crippen molar-refractivity contribution in [2.24, 2.45) is 12.0 Å². The van der Waals surface area contributed by atoms with E-state index in [1.165, 1.54) is 16.7 Å². The van der Waals surface area contributed by atoms with E-state index in [9.17, 15) is 0 Å². The fraction of sp³-hybridized carbons (Fsp3) is 0.474. The van der Waals surface area contributed by atoms with Gasteiger partial charge in [0.1, 0.15) is 0 Å². The van der Waals surface area contributed by atoms with Crippen LogP contribution in [-0.4, -0.2) is 55.0 Å². The summed E-state index contributed by atoms with van der Waals surface area (Å²) in [6.07, 6.45) is 5.82. The normalized spacial score (nSPS) is 13.6. The summed E-state index contributed by atoms with van der Waals surface area (Å²) in [7, 11) is 7.11. The molecule has 1 N–H and O–H groups in total. The molecule has 0 aliphatic carbocycles. The zero-order valence-corrected chi connectivity index (χ0v) is 18.7. The summed E-state index contributed by atoms with van der Waals surface area (Å²) in [6.45, 7) is 2.56. The summed E-state index contributed by atoms with van der Waals surface area (Å²) in [4.78, 5) is 6.73. The molecule has 0 atom stereocenters. The van der Waals surface area contributed by atoms with Gasteiger partial charge in [-0.15, -0.1) is 24.0 Å². The van der Waals surface area contributed by atoms with Crippen molar-refractivity contribution in [3.63, 3.8) is 0 Å². The van der Waals surface area contributed by atoms with Crippen molar-refractivity contribution in [1.29, 1.82) is 0 Å². The quantitative estimate of drug-likeness (QED) is 0.400. The molecule has 27 heavy (non-hydrogen) atoms. The average Bonchev–Trinajstić information content (AvgIpc) is 3.08. The molecule has 0 amide bonds. The number of benzene rings is 1. The number of hydrogen-bond acceptors (Lipinski definition) is 4. The van der Waals surface area contributed by atoms with Gasteiger partial charge < -0.3 is 19.7 Å². The van der Waals surface area contributed by atoms with Crippen LogP contribution in [0.1, 0.15) is 16.7 Å². The Bertz CT molecular complexity index is 790. The molecular weight excluding hydrogens is 457 g/mol. The number of nitrogens with one attached hydrogen (secondary N) is 1. The van der Waals surface area contributed by atoms with Crippen molar-refractivity contribution in [3.8, 4) is 11.5 Å². The van der Waals surface area contributed by atoms with Gasteiger partial charge in [-0.2, -0.15) is 5.10 Å². The summed E-state index contributed by atoms with van der Waals surface area (Å²) in [5, 5.41) is 7.67. The zero-order chi connectivity index (χ0) is 18.5. The highest BCUT2D eigenvalue weighted by atomic mass is 127. The molecular formula is C19H28IN5O2. The van der Waals surface area contributed by atoms with Crippen molar-refractivity contribution >= 4 is 29.9 Å². The molecule has 0 saturated heterocycles. The van der Waals surface area contributed by atoms with Crippen molar-refractivity contribution in [2.45, 2.75) is 19.4 Å². The van der Waals surface area contributed by atoms with Gasteiger partial charge >= 0.3 is 0 Å². The lowest BCUT2D eigenvalue weighted by molar-refractivity contribution is 0.346. The number of halogens is 1. The summed E-state index contributed by atoms with van der Waals surface area (Å²) in [5.41, 5.74) is 3.78. The Hall–Kier alpha value is -1.97. The number of nitrogens with zero attached hydrogens (tertiary/aromatic N) is 4. The maximum Gasteiger partial charge on any atom is 0.193 e. The summed E-state index contributed by atoms with van der Waals surface area (Å²) in [6, 6.07) is 4.16. The molecule has 148 valence electrons. The summed E-state index contributed by atoms with van der Waals surface area (Å²) < 4.78 is 12.7. The van der Waals surface area contributed by atoms with Gasteiger partial charge in [-0.25, -0.2) is 0 Å². The van der Waals surface area contributed by atoms with E-state index in [-0.39, 0.29) is 24.0 Å². The smallest absolute Gasteiger partial charge is 0.193 e. The minimum absolute atomic E-state index is 0. The lowest BCUT2D eigenvalue weighted by Crippen LogP contribution is -2.44. The molecule has 2 aromatic rings. The van der Waals surface area contributed by atoms with Gasteiger partial charge in [0, 0.05) is 39.9 Å². The highest BCUT2D eigenvalue weighted by Gasteiger charge is 2.21. The number of ether oxygens (including phenoxy) is 2. The molecule has 3 rings (SSSR count). The minimum atomic E-state index is 0. The van der Waals surface area contributed by atoms with Crippen LogP contribution >= 0.6 is 24.0 Å². The van der Waals surface area contributed by atoms with Crippen LogP contribution in [0.5, 0.6) is 11.5 Å². The van der Waals surface area contributed by atoms with Gasteiger partial charge in [0.05, 0.1) is 20.4 Å². The van der Waals surface area contributed by atoms with Crippen LogP contribution in [0.15, 0.2) is 29.5 Å². The van der Waals surface area contributed by atoms with Crippen LogP contribution in [-0.2, 0) is 26.4 Å². The molecule has 2 heterocycles. The number of hydrogen-bond donors (Lipinski definition) is 1. The second kappa shape index (κ2) is 9.82. The first kappa shape index (κ1) is 21.3. The predicted octanol–water partition coefficient (Wildman–Crippen LogP) is 2.23. The maximum atomic E-state index is 5.44. The molecule has 0 unspecified atom stereocenters. The lowest BCUT2D eigenvalue weighted by atomic mass is 9.99. The zero-order valence-electron chi connectivity index (χ0n) is 16.4. The van der Waals surface area contributed by atoms with Gasteiger partial charge in [0.2, 0.25) is 0 Å². The second-order valence-corrected chi connectivity index (χ2v) is 6.39. The minimum Gasteiger partial charge on any atom is -0.493 e. The van der Waals surface area contributed by atoms with E-state index in [1.807, 2.05) is 31.2 Å². The van der Waals surface area contributed by atoms with Gasteiger partial charge in [0.25, 0.3) is 0 Å². The maximum absolute atomic E-state index is 5.44. The summed E-state index contributed by atoms with van der Waals surface area (Å²) >= 11 is 0. The molecule has 8 heteroatoms. The first-order chi connectivity index (χ1) is 12.6. The molecule has 0 spiro atoms. The average molecular weight is 485 g/mol. The van der Waals surface area contributed by atoms with Crippen LogP contribution in [0.2, 0.25) is 0 Å². The van der Waals surface area contributed by atoms with E-state index >= 15 is 0 Å². The topological polar surface area (TPSA) is 63.9 Å². The molecule has 0 saturated carbocycles. The Kier molecular flexibility index (Phi) is 7.76. The van der Waals surface area contributed by atoms with Gasteiger partial charge in [-0.05, 0) is 41.7 Å². The Balaban J connectivity index is 0.00000261. The number of fused-ring (bicyclic) bond motifs is 1. The lowest BCUT2D eigenvalue weighted by Gasteiger charge is -2.32. The Morgan fingerprint density at radius 2 is 1.93 bits per heavy atom. The SMILES string of the molecule is CN=C(NCCc1cnn(C)c1)N1CCc2cc(OC)c(OC)cc2C1.I. The molecule has 1 aromatic heterocycles. The molecule has 0 fully saturated rings. The largest absolute Gasteiger partial charge is 0.493 e. The van der Waals surface area contributed by atoms with E-state index in [0.717, 1.165) is 49.9 Å². The van der Waals surface area contributed by atoms with Crippen molar-refractivity contribution in [2.75, 3.05) is 34.4 Å². The van der Waals surface area contributed by atoms with E-state index in [4.69, 9.17) is 9.47 Å². The van der Waals surface area contributed by atoms with Crippen LogP contribution in [0, 0.1) is 0 Å². The van der Waals surface area contributed by atoms with Gasteiger partial charge in [-0.3, -0.25) is 9.67 Å². The molecule has 0 bridgehead atoms. The van der Waals surface area contributed by atoms with Crippen molar-refractivity contribution in [1.82, 2.24) is 20.0 Å². The molecule has 0 radical (unpaired) electrons. The highest BCUT2D eigenvalue weighted by molar-refractivity contribution is 14.0. The first-order valence-corrected chi connectivity index (χ1v) is 8.81. The van der Waals surface area contributed by atoms with Gasteiger partial charge in [0.15, 0.2) is 17.5 Å². The molecule has 7 nitrogen and oxygen atoms in total. The highest BCUT2D eigenvalue weighted by Crippen LogP contribution is 2.33. The van der Waals surface area contributed by atoms with Gasteiger partial charge in [-0.1, -0.05) is 0 Å². The summed E-state index contributed by atoms with van der Waals surface area (Å²) in [5.74, 6) is 2.49. The van der Waals surface area contributed by atoms with E-state index in [0.29, 0.717) is 0 Å². The standard InChI is InChI=1S/C19H27N5O2.HI/c1-20-19(21-7-5-14-11-22-23(2)12-14)24-8-6-15-9-17(25-3)18(26-4)10-16(15)13-24;/h9-12H,5-8,13H2,1-4H3,(H,20,21);1H. The third-order valence-electron chi connectivity index (χ3n) is 4.68. The molecule has 1 aromatic carbocycles. The third-order valence-corrected chi connectivity index (χ3v) is 4.68. The van der Waals surface area contributed by atoms with E-state index < -0.39 is 0 Å². The molecule has 1 aliphatic rings. The van der Waals surface area contributed by atoms with E-state index in [1.54, 1.807) is 14.2 Å². The monoisotopic (exact) mass is 485 g/mol.